The van der Waals surface area contributed by atoms with Crippen LogP contribution in [0.2, 0.25) is 0 Å². The van der Waals surface area contributed by atoms with Crippen LogP contribution in [0.4, 0.5) is 13.2 Å². The third-order valence-corrected chi connectivity index (χ3v) is 2.55. The molecule has 0 amide bonds. The quantitative estimate of drug-likeness (QED) is 0.926. The zero-order valence-electron chi connectivity index (χ0n) is 10.5. The fourth-order valence-electron chi connectivity index (χ4n) is 1.66. The molecule has 1 aromatic heterocycles. The van der Waals surface area contributed by atoms with Gasteiger partial charge in [0.25, 0.3) is 0 Å². The molecular formula is C13H13F3N2O. The molecule has 0 unspecified atom stereocenters. The molecule has 0 aliphatic carbocycles. The summed E-state index contributed by atoms with van der Waals surface area (Å²) in [6, 6.07) is 1.41. The number of aromatic nitrogens is 1. The Bertz CT molecular complexity index is 558. The average molecular weight is 270 g/mol. The lowest BCUT2D eigenvalue weighted by atomic mass is 10.1. The van der Waals surface area contributed by atoms with Gasteiger partial charge in [0.05, 0.1) is 5.56 Å². The largest absolute Gasteiger partial charge is 0.443 e. The minimum atomic E-state index is -1.01. The van der Waals surface area contributed by atoms with E-state index in [1.807, 2.05) is 13.8 Å². The Balaban J connectivity index is 2.40. The Morgan fingerprint density at radius 3 is 2.42 bits per heavy atom. The molecule has 19 heavy (non-hydrogen) atoms. The van der Waals surface area contributed by atoms with Crippen molar-refractivity contribution in [3.8, 4) is 11.3 Å². The summed E-state index contributed by atoms with van der Waals surface area (Å²) in [4.78, 5) is 3.91. The molecule has 0 saturated carbocycles. The lowest BCUT2D eigenvalue weighted by Gasteiger charge is -2.08. The first-order chi connectivity index (χ1) is 8.99. The monoisotopic (exact) mass is 270 g/mol. The van der Waals surface area contributed by atoms with Crippen LogP contribution in [-0.4, -0.2) is 11.0 Å². The van der Waals surface area contributed by atoms with Gasteiger partial charge in [0, 0.05) is 24.7 Å². The van der Waals surface area contributed by atoms with Gasteiger partial charge in [-0.1, -0.05) is 13.8 Å². The van der Waals surface area contributed by atoms with Gasteiger partial charge in [-0.25, -0.2) is 18.2 Å². The van der Waals surface area contributed by atoms with Gasteiger partial charge >= 0.3 is 0 Å². The highest BCUT2D eigenvalue weighted by molar-refractivity contribution is 5.61. The molecule has 2 aromatic rings. The van der Waals surface area contributed by atoms with E-state index in [2.05, 4.69) is 10.3 Å². The molecule has 1 heterocycles. The van der Waals surface area contributed by atoms with E-state index >= 15 is 0 Å². The van der Waals surface area contributed by atoms with E-state index in [4.69, 9.17) is 4.42 Å². The average Bonchev–Trinajstić information content (AvgIpc) is 2.73. The molecule has 0 spiro atoms. The molecule has 0 fully saturated rings. The first-order valence-electron chi connectivity index (χ1n) is 5.79. The summed E-state index contributed by atoms with van der Waals surface area (Å²) in [6.07, 6.45) is 1.11. The lowest BCUT2D eigenvalue weighted by molar-refractivity contribution is 0.523. The predicted octanol–water partition coefficient (Wildman–Crippen LogP) is 3.26. The predicted molar refractivity (Wildman–Crippen MR) is 63.8 cm³/mol. The van der Waals surface area contributed by atoms with Crippen LogP contribution in [-0.2, 0) is 6.54 Å². The minimum Gasteiger partial charge on any atom is -0.443 e. The van der Waals surface area contributed by atoms with Crippen molar-refractivity contribution < 1.29 is 17.6 Å². The highest BCUT2D eigenvalue weighted by Crippen LogP contribution is 2.29. The zero-order chi connectivity index (χ0) is 14.0. The molecule has 0 radical (unpaired) electrons. The summed E-state index contributed by atoms with van der Waals surface area (Å²) < 4.78 is 45.2. The van der Waals surface area contributed by atoms with Crippen LogP contribution < -0.4 is 5.32 Å². The van der Waals surface area contributed by atoms with E-state index in [0.29, 0.717) is 24.4 Å². The zero-order valence-corrected chi connectivity index (χ0v) is 10.5. The Kier molecular flexibility index (Phi) is 3.90. The lowest BCUT2D eigenvalue weighted by Crippen LogP contribution is -2.22. The fourth-order valence-corrected chi connectivity index (χ4v) is 1.66. The number of nitrogens with one attached hydrogen (secondary N) is 1. The highest BCUT2D eigenvalue weighted by atomic mass is 19.1. The normalized spacial score (nSPS) is 11.3. The minimum absolute atomic E-state index is 0.0249. The van der Waals surface area contributed by atoms with Crippen molar-refractivity contribution in [1.82, 2.24) is 10.3 Å². The first kappa shape index (κ1) is 13.6. The van der Waals surface area contributed by atoms with Crippen molar-refractivity contribution in [1.29, 1.82) is 0 Å². The molecule has 3 nitrogen and oxygen atoms in total. The number of benzene rings is 1. The maximum atomic E-state index is 13.7. The Morgan fingerprint density at radius 2 is 1.84 bits per heavy atom. The van der Waals surface area contributed by atoms with Gasteiger partial charge in [0.1, 0.15) is 23.1 Å². The number of rotatable bonds is 4. The van der Waals surface area contributed by atoms with E-state index < -0.39 is 23.0 Å². The van der Waals surface area contributed by atoms with Crippen LogP contribution >= 0.6 is 0 Å². The van der Waals surface area contributed by atoms with Crippen LogP contribution in [0.15, 0.2) is 22.9 Å². The molecule has 2 rings (SSSR count). The van der Waals surface area contributed by atoms with Crippen molar-refractivity contribution in [2.24, 2.45) is 0 Å². The number of nitrogens with zero attached hydrogens (tertiary/aromatic N) is 1. The van der Waals surface area contributed by atoms with Crippen LogP contribution in [0.3, 0.4) is 0 Å². The van der Waals surface area contributed by atoms with Gasteiger partial charge in [-0.3, -0.25) is 0 Å². The molecule has 102 valence electrons. The van der Waals surface area contributed by atoms with Gasteiger partial charge in [0.15, 0.2) is 12.2 Å². The maximum Gasteiger partial charge on any atom is 0.181 e. The summed E-state index contributed by atoms with van der Waals surface area (Å²) in [5.74, 6) is -3.02. The van der Waals surface area contributed by atoms with Crippen LogP contribution in [0.5, 0.6) is 0 Å². The summed E-state index contributed by atoms with van der Waals surface area (Å²) in [7, 11) is 0. The molecule has 6 heteroatoms. The van der Waals surface area contributed by atoms with Crippen LogP contribution in [0, 0.1) is 17.5 Å². The molecule has 1 aromatic carbocycles. The number of oxazole rings is 1. The second-order valence-electron chi connectivity index (χ2n) is 4.41. The smallest absolute Gasteiger partial charge is 0.181 e. The van der Waals surface area contributed by atoms with E-state index in [9.17, 15) is 13.2 Å². The Morgan fingerprint density at radius 1 is 1.21 bits per heavy atom. The third-order valence-electron chi connectivity index (χ3n) is 2.55. The van der Waals surface area contributed by atoms with Gasteiger partial charge in [-0.2, -0.15) is 0 Å². The standard InChI is InChI=1S/C13H13F3N2O/c1-7(2)17-5-11-13(19-6-18-11)12-9(15)3-8(14)4-10(12)16/h3-4,6-7,17H,5H2,1-2H3. The second kappa shape index (κ2) is 5.44. The van der Waals surface area contributed by atoms with Gasteiger partial charge in [-0.05, 0) is 0 Å². The van der Waals surface area contributed by atoms with Gasteiger partial charge in [0.2, 0.25) is 0 Å². The number of hydrogen-bond donors (Lipinski definition) is 1. The van der Waals surface area contributed by atoms with Crippen molar-refractivity contribution in [3.63, 3.8) is 0 Å². The number of hydrogen-bond acceptors (Lipinski definition) is 3. The molecular weight excluding hydrogens is 257 g/mol. The summed E-state index contributed by atoms with van der Waals surface area (Å²) in [6.45, 7) is 4.16. The van der Waals surface area contributed by atoms with Crippen LogP contribution in [0.1, 0.15) is 19.5 Å². The maximum absolute atomic E-state index is 13.7. The van der Waals surface area contributed by atoms with Crippen molar-refractivity contribution in [2.75, 3.05) is 0 Å². The van der Waals surface area contributed by atoms with Gasteiger partial charge < -0.3 is 9.73 Å². The van der Waals surface area contributed by atoms with E-state index in [1.54, 1.807) is 0 Å². The first-order valence-corrected chi connectivity index (χ1v) is 5.79. The summed E-state index contributed by atoms with van der Waals surface area (Å²) in [5, 5.41) is 3.07. The second-order valence-corrected chi connectivity index (χ2v) is 4.41. The highest BCUT2D eigenvalue weighted by Gasteiger charge is 2.20. The van der Waals surface area contributed by atoms with Crippen molar-refractivity contribution in [3.05, 3.63) is 41.7 Å². The van der Waals surface area contributed by atoms with Crippen LogP contribution in [0.25, 0.3) is 11.3 Å². The molecule has 0 atom stereocenters. The van der Waals surface area contributed by atoms with E-state index in [1.165, 1.54) is 0 Å². The summed E-state index contributed by atoms with van der Waals surface area (Å²) >= 11 is 0. The summed E-state index contributed by atoms with van der Waals surface area (Å²) in [5.41, 5.74) is -0.0300. The molecule has 1 N–H and O–H groups in total. The van der Waals surface area contributed by atoms with Crippen molar-refractivity contribution in [2.45, 2.75) is 26.4 Å². The molecule has 0 bridgehead atoms. The Labute approximate surface area is 108 Å². The molecule has 0 saturated heterocycles. The molecule has 0 aliphatic heterocycles. The van der Waals surface area contributed by atoms with Crippen molar-refractivity contribution >= 4 is 0 Å². The van der Waals surface area contributed by atoms with E-state index in [-0.39, 0.29) is 11.8 Å². The third kappa shape index (κ3) is 2.96. The SMILES string of the molecule is CC(C)NCc1ncoc1-c1c(F)cc(F)cc1F. The topological polar surface area (TPSA) is 38.1 Å². The Hall–Kier alpha value is -1.82. The fraction of sp³-hybridized carbons (Fsp3) is 0.308. The number of halogens is 3. The van der Waals surface area contributed by atoms with E-state index in [0.717, 1.165) is 6.39 Å². The molecule has 0 aliphatic rings. The van der Waals surface area contributed by atoms with Gasteiger partial charge in [-0.15, -0.1) is 0 Å².